The van der Waals surface area contributed by atoms with Gasteiger partial charge in [-0.05, 0) is 22.9 Å². The Labute approximate surface area is 120 Å². The molecular weight excluding hydrogens is 335 g/mol. The van der Waals surface area contributed by atoms with Gasteiger partial charge in [0.05, 0.1) is 10.2 Å². The van der Waals surface area contributed by atoms with E-state index in [9.17, 15) is 19.1 Å². The monoisotopic (exact) mass is 342 g/mol. The molecule has 2 rings (SSSR count). The first-order chi connectivity index (χ1) is 9.40. The highest BCUT2D eigenvalue weighted by molar-refractivity contribution is 9.10. The quantitative estimate of drug-likeness (QED) is 0.763. The number of aromatic amines is 1. The van der Waals surface area contributed by atoms with Gasteiger partial charge in [0.1, 0.15) is 5.56 Å². The van der Waals surface area contributed by atoms with Gasteiger partial charge in [-0.2, -0.15) is 0 Å². The second kappa shape index (κ2) is 5.37. The Bertz CT molecular complexity index is 730. The number of H-pyrrole nitrogens is 1. The number of aryl methyl sites for hydroxylation is 1. The molecule has 1 amide bonds. The molecule has 0 bridgehead atoms. The number of amides is 1. The number of anilines is 1. The standard InChI is InChI=1S/C11H8BrFN4O3/c1-4-7(13)8(18)6(9(19)16-4)10(20)17-11-14-2-5(12)3-15-11/h2-3H,1H3,(H2,16,18,19)(H,14,15,17,20). The fraction of sp³-hybridized carbons (Fsp3) is 0.0909. The lowest BCUT2D eigenvalue weighted by Crippen LogP contribution is -2.25. The molecule has 7 nitrogen and oxygen atoms in total. The van der Waals surface area contributed by atoms with Crippen molar-refractivity contribution >= 4 is 27.8 Å². The summed E-state index contributed by atoms with van der Waals surface area (Å²) in [5.74, 6) is -3.17. The van der Waals surface area contributed by atoms with Gasteiger partial charge in [-0.15, -0.1) is 0 Å². The molecule has 0 saturated carbocycles. The van der Waals surface area contributed by atoms with Crippen LogP contribution in [0.2, 0.25) is 0 Å². The number of carbonyl (C=O) groups excluding carboxylic acids is 1. The van der Waals surface area contributed by atoms with Gasteiger partial charge in [-0.3, -0.25) is 14.9 Å². The van der Waals surface area contributed by atoms with Crippen LogP contribution in [0.4, 0.5) is 10.3 Å². The molecule has 0 fully saturated rings. The summed E-state index contributed by atoms with van der Waals surface area (Å²) in [6.07, 6.45) is 2.75. The van der Waals surface area contributed by atoms with Crippen molar-refractivity contribution in [3.8, 4) is 5.75 Å². The molecule has 0 aliphatic heterocycles. The fourth-order valence-electron chi connectivity index (χ4n) is 1.43. The number of hydrogen-bond donors (Lipinski definition) is 3. The highest BCUT2D eigenvalue weighted by Gasteiger charge is 2.22. The van der Waals surface area contributed by atoms with Crippen molar-refractivity contribution in [1.29, 1.82) is 0 Å². The van der Waals surface area contributed by atoms with Crippen molar-refractivity contribution in [3.05, 3.63) is 44.3 Å². The molecule has 0 radical (unpaired) electrons. The largest absolute Gasteiger partial charge is 0.504 e. The normalized spacial score (nSPS) is 10.3. The third-order valence-electron chi connectivity index (χ3n) is 2.37. The van der Waals surface area contributed by atoms with E-state index in [1.54, 1.807) is 0 Å². The lowest BCUT2D eigenvalue weighted by Gasteiger charge is -2.06. The number of pyridine rings is 1. The highest BCUT2D eigenvalue weighted by atomic mass is 79.9. The first kappa shape index (κ1) is 14.1. The van der Waals surface area contributed by atoms with E-state index >= 15 is 0 Å². The fourth-order valence-corrected chi connectivity index (χ4v) is 1.64. The zero-order chi connectivity index (χ0) is 14.9. The van der Waals surface area contributed by atoms with E-state index in [2.05, 4.69) is 36.2 Å². The van der Waals surface area contributed by atoms with Gasteiger partial charge in [0.25, 0.3) is 11.5 Å². The molecule has 3 N–H and O–H groups in total. The van der Waals surface area contributed by atoms with E-state index in [1.165, 1.54) is 19.3 Å². The molecule has 2 heterocycles. The van der Waals surface area contributed by atoms with Gasteiger partial charge in [-0.1, -0.05) is 0 Å². The number of halogens is 2. The average Bonchev–Trinajstić information content (AvgIpc) is 2.39. The molecule has 9 heteroatoms. The third kappa shape index (κ3) is 2.67. The lowest BCUT2D eigenvalue weighted by molar-refractivity contribution is 0.102. The second-order valence-corrected chi connectivity index (χ2v) is 4.71. The summed E-state index contributed by atoms with van der Waals surface area (Å²) in [7, 11) is 0. The Morgan fingerprint density at radius 3 is 2.65 bits per heavy atom. The smallest absolute Gasteiger partial charge is 0.267 e. The van der Waals surface area contributed by atoms with Crippen LogP contribution in [0.25, 0.3) is 0 Å². The molecular formula is C11H8BrFN4O3. The first-order valence-electron chi connectivity index (χ1n) is 5.30. The van der Waals surface area contributed by atoms with Crippen molar-refractivity contribution < 1.29 is 14.3 Å². The first-order valence-corrected chi connectivity index (χ1v) is 6.09. The van der Waals surface area contributed by atoms with Crippen LogP contribution in [0, 0.1) is 12.7 Å². The van der Waals surface area contributed by atoms with E-state index < -0.39 is 28.6 Å². The molecule has 0 aliphatic rings. The zero-order valence-corrected chi connectivity index (χ0v) is 11.7. The molecule has 104 valence electrons. The number of nitrogens with zero attached hydrogens (tertiary/aromatic N) is 2. The van der Waals surface area contributed by atoms with Crippen LogP contribution in [0.15, 0.2) is 21.7 Å². The summed E-state index contributed by atoms with van der Waals surface area (Å²) in [4.78, 5) is 33.1. The topological polar surface area (TPSA) is 108 Å². The van der Waals surface area contributed by atoms with Crippen LogP contribution in [-0.4, -0.2) is 26.0 Å². The van der Waals surface area contributed by atoms with Gasteiger partial charge in [0.15, 0.2) is 11.6 Å². The van der Waals surface area contributed by atoms with E-state index in [1.807, 2.05) is 0 Å². The van der Waals surface area contributed by atoms with Crippen molar-refractivity contribution in [1.82, 2.24) is 15.0 Å². The van der Waals surface area contributed by atoms with E-state index in [-0.39, 0.29) is 11.6 Å². The Balaban J connectivity index is 2.37. The molecule has 2 aromatic rings. The number of nitrogens with one attached hydrogen (secondary N) is 2. The SMILES string of the molecule is Cc1[nH]c(=O)c(C(=O)Nc2ncc(Br)cn2)c(O)c1F. The maximum absolute atomic E-state index is 13.5. The van der Waals surface area contributed by atoms with Crippen LogP contribution in [0.3, 0.4) is 0 Å². The summed E-state index contributed by atoms with van der Waals surface area (Å²) in [5.41, 5.74) is -1.81. The van der Waals surface area contributed by atoms with Crippen molar-refractivity contribution in [2.24, 2.45) is 0 Å². The minimum absolute atomic E-state index is 0.0852. The number of aromatic nitrogens is 3. The number of rotatable bonds is 2. The molecule has 0 saturated heterocycles. The predicted octanol–water partition coefficient (Wildman–Crippen LogP) is 1.33. The van der Waals surface area contributed by atoms with Crippen LogP contribution in [0.1, 0.15) is 16.1 Å². The minimum Gasteiger partial charge on any atom is -0.504 e. The summed E-state index contributed by atoms with van der Waals surface area (Å²) in [5, 5.41) is 11.7. The maximum atomic E-state index is 13.5. The average molecular weight is 343 g/mol. The van der Waals surface area contributed by atoms with Crippen LogP contribution >= 0.6 is 15.9 Å². The summed E-state index contributed by atoms with van der Waals surface area (Å²) < 4.78 is 14.1. The summed E-state index contributed by atoms with van der Waals surface area (Å²) >= 11 is 3.12. The Kier molecular flexibility index (Phi) is 3.79. The van der Waals surface area contributed by atoms with Gasteiger partial charge in [-0.25, -0.2) is 14.4 Å². The van der Waals surface area contributed by atoms with Crippen LogP contribution < -0.4 is 10.9 Å². The Hall–Kier alpha value is -2.29. The van der Waals surface area contributed by atoms with Crippen LogP contribution in [-0.2, 0) is 0 Å². The van der Waals surface area contributed by atoms with Gasteiger partial charge in [0.2, 0.25) is 5.95 Å². The Morgan fingerprint density at radius 1 is 1.45 bits per heavy atom. The van der Waals surface area contributed by atoms with Crippen molar-refractivity contribution in [2.75, 3.05) is 5.32 Å². The number of hydrogen-bond acceptors (Lipinski definition) is 5. The molecule has 0 spiro atoms. The van der Waals surface area contributed by atoms with Gasteiger partial charge >= 0.3 is 0 Å². The number of carbonyl (C=O) groups is 1. The Morgan fingerprint density at radius 2 is 2.05 bits per heavy atom. The molecule has 20 heavy (non-hydrogen) atoms. The number of aromatic hydroxyl groups is 1. The van der Waals surface area contributed by atoms with Gasteiger partial charge < -0.3 is 10.1 Å². The predicted molar refractivity (Wildman–Crippen MR) is 71.1 cm³/mol. The van der Waals surface area contributed by atoms with Crippen molar-refractivity contribution in [3.63, 3.8) is 0 Å². The van der Waals surface area contributed by atoms with E-state index in [0.29, 0.717) is 4.47 Å². The summed E-state index contributed by atoms with van der Waals surface area (Å²) in [6, 6.07) is 0. The molecule has 2 aromatic heterocycles. The second-order valence-electron chi connectivity index (χ2n) is 3.80. The highest BCUT2D eigenvalue weighted by Crippen LogP contribution is 2.20. The maximum Gasteiger partial charge on any atom is 0.267 e. The molecule has 0 unspecified atom stereocenters. The minimum atomic E-state index is -1.06. The molecule has 0 aromatic carbocycles. The van der Waals surface area contributed by atoms with Crippen LogP contribution in [0.5, 0.6) is 5.75 Å². The third-order valence-corrected chi connectivity index (χ3v) is 2.78. The lowest BCUT2D eigenvalue weighted by atomic mass is 10.2. The zero-order valence-electron chi connectivity index (χ0n) is 10.1. The van der Waals surface area contributed by atoms with E-state index in [0.717, 1.165) is 0 Å². The van der Waals surface area contributed by atoms with Gasteiger partial charge in [0, 0.05) is 12.4 Å². The molecule has 0 atom stereocenters. The van der Waals surface area contributed by atoms with Crippen molar-refractivity contribution in [2.45, 2.75) is 6.92 Å². The van der Waals surface area contributed by atoms with E-state index in [4.69, 9.17) is 0 Å². The molecule has 0 aliphatic carbocycles. The summed E-state index contributed by atoms with van der Waals surface area (Å²) in [6.45, 7) is 1.26.